The number of rotatable bonds is 4. The van der Waals surface area contributed by atoms with Crippen LogP contribution < -0.4 is 10.5 Å². The first kappa shape index (κ1) is 17.8. The number of carbonyl (C=O) groups excluding carboxylic acids is 1. The first-order valence-electron chi connectivity index (χ1n) is 6.17. The number of ether oxygens (including phenoxy) is 1. The van der Waals surface area contributed by atoms with Crippen LogP contribution in [0.3, 0.4) is 0 Å². The van der Waals surface area contributed by atoms with E-state index in [4.69, 9.17) is 22.1 Å². The van der Waals surface area contributed by atoms with Gasteiger partial charge in [-0.05, 0) is 20.8 Å². The summed E-state index contributed by atoms with van der Waals surface area (Å²) in [5.74, 6) is 4.21. The van der Waals surface area contributed by atoms with Crippen LogP contribution in [0.2, 0.25) is 5.02 Å². The zero-order chi connectivity index (χ0) is 17.1. The zero-order valence-corrected chi connectivity index (χ0v) is 13.0. The van der Waals surface area contributed by atoms with Crippen LogP contribution in [-0.4, -0.2) is 28.1 Å². The molecule has 0 unspecified atom stereocenters. The van der Waals surface area contributed by atoms with Crippen molar-refractivity contribution >= 4 is 23.2 Å². The van der Waals surface area contributed by atoms with Crippen molar-refractivity contribution in [2.45, 2.75) is 26.4 Å². The van der Waals surface area contributed by atoms with Crippen molar-refractivity contribution in [2.75, 3.05) is 6.61 Å². The lowest BCUT2D eigenvalue weighted by Crippen LogP contribution is -2.16. The number of hydrogen-bond acceptors (Lipinski definition) is 5. The molecule has 118 valence electrons. The summed E-state index contributed by atoms with van der Waals surface area (Å²) in [7, 11) is 0. The minimum atomic E-state index is -1.19. The lowest BCUT2D eigenvalue weighted by Gasteiger charge is -2.12. The van der Waals surface area contributed by atoms with Gasteiger partial charge in [-0.1, -0.05) is 23.4 Å². The molecule has 0 heterocycles. The van der Waals surface area contributed by atoms with E-state index in [1.165, 1.54) is 20.8 Å². The summed E-state index contributed by atoms with van der Waals surface area (Å²) in [5, 5.41) is 20.2. The van der Waals surface area contributed by atoms with E-state index in [-0.39, 0.29) is 28.5 Å². The van der Waals surface area contributed by atoms with E-state index in [0.717, 1.165) is 6.07 Å². The second-order valence-corrected chi connectivity index (χ2v) is 5.36. The summed E-state index contributed by atoms with van der Waals surface area (Å²) in [4.78, 5) is 21.6. The monoisotopic (exact) mass is 326 g/mol. The molecule has 0 aliphatic rings. The van der Waals surface area contributed by atoms with E-state index < -0.39 is 22.1 Å². The number of nitro groups is 1. The summed E-state index contributed by atoms with van der Waals surface area (Å²) in [6.07, 6.45) is 0. The maximum Gasteiger partial charge on any atom is 0.292 e. The Labute approximate surface area is 132 Å². The van der Waals surface area contributed by atoms with E-state index in [1.54, 1.807) is 0 Å². The molecule has 8 heteroatoms. The van der Waals surface area contributed by atoms with Gasteiger partial charge in [-0.2, -0.15) is 0 Å². The summed E-state index contributed by atoms with van der Waals surface area (Å²) >= 11 is 5.94. The molecule has 0 aliphatic carbocycles. The number of nitrogens with zero attached hydrogens (tertiary/aromatic N) is 1. The van der Waals surface area contributed by atoms with Gasteiger partial charge < -0.3 is 15.6 Å². The highest BCUT2D eigenvalue weighted by Gasteiger charge is 2.24. The largest absolute Gasteiger partial charge is 0.479 e. The predicted molar refractivity (Wildman–Crippen MR) is 80.9 cm³/mol. The molecule has 7 nitrogen and oxygen atoms in total. The van der Waals surface area contributed by atoms with Crippen LogP contribution in [0.25, 0.3) is 0 Å². The van der Waals surface area contributed by atoms with Crippen molar-refractivity contribution < 1.29 is 19.6 Å². The molecule has 0 radical (unpaired) electrons. The Balaban J connectivity index is 3.24. The van der Waals surface area contributed by atoms with Gasteiger partial charge in [0, 0.05) is 11.6 Å². The number of primary amides is 1. The number of nitro benzene ring substituents is 1. The van der Waals surface area contributed by atoms with Crippen LogP contribution in [0.1, 0.15) is 29.8 Å². The van der Waals surface area contributed by atoms with Crippen LogP contribution in [0.15, 0.2) is 6.07 Å². The number of hydrogen-bond donors (Lipinski definition) is 2. The number of benzene rings is 1. The van der Waals surface area contributed by atoms with Crippen LogP contribution >= 0.6 is 11.6 Å². The molecule has 1 amide bonds. The molecule has 22 heavy (non-hydrogen) atoms. The number of nitrogens with two attached hydrogens (primary N) is 1. The highest BCUT2D eigenvalue weighted by Crippen LogP contribution is 2.38. The third kappa shape index (κ3) is 4.35. The van der Waals surface area contributed by atoms with Crippen molar-refractivity contribution in [3.8, 4) is 17.6 Å². The molecule has 0 spiro atoms. The highest BCUT2D eigenvalue weighted by atomic mass is 35.5. The van der Waals surface area contributed by atoms with Crippen LogP contribution in [-0.2, 0) is 0 Å². The van der Waals surface area contributed by atoms with Crippen molar-refractivity contribution in [2.24, 2.45) is 5.73 Å². The molecule has 1 rings (SSSR count). The van der Waals surface area contributed by atoms with Gasteiger partial charge in [0.1, 0.15) is 18.0 Å². The fourth-order valence-electron chi connectivity index (χ4n) is 1.63. The zero-order valence-electron chi connectivity index (χ0n) is 12.3. The smallest absolute Gasteiger partial charge is 0.292 e. The van der Waals surface area contributed by atoms with Gasteiger partial charge in [0.2, 0.25) is 5.91 Å². The fourth-order valence-corrected chi connectivity index (χ4v) is 1.95. The normalized spacial score (nSPS) is 10.6. The molecular weight excluding hydrogens is 312 g/mol. The molecule has 3 N–H and O–H groups in total. The Morgan fingerprint density at radius 3 is 2.64 bits per heavy atom. The van der Waals surface area contributed by atoms with E-state index in [2.05, 4.69) is 11.8 Å². The van der Waals surface area contributed by atoms with Crippen LogP contribution in [0.4, 0.5) is 5.69 Å². The second-order valence-electron chi connectivity index (χ2n) is 4.98. The second kappa shape index (κ2) is 6.64. The molecule has 1 aromatic rings. The first-order chi connectivity index (χ1) is 10.0. The van der Waals surface area contributed by atoms with E-state index in [1.807, 2.05) is 0 Å². The number of aliphatic hydroxyl groups is 1. The Morgan fingerprint density at radius 2 is 2.18 bits per heavy atom. The van der Waals surface area contributed by atoms with Gasteiger partial charge in [-0.3, -0.25) is 14.9 Å². The summed E-state index contributed by atoms with van der Waals surface area (Å²) in [6.45, 7) is 4.34. The Hall–Kier alpha value is -2.30. The van der Waals surface area contributed by atoms with E-state index in [9.17, 15) is 20.0 Å². The molecule has 0 saturated carbocycles. The lowest BCUT2D eigenvalue weighted by molar-refractivity contribution is -0.384. The Kier molecular flexibility index (Phi) is 5.36. The minimum absolute atomic E-state index is 0.0327. The van der Waals surface area contributed by atoms with Crippen molar-refractivity contribution in [1.82, 2.24) is 0 Å². The molecule has 0 fully saturated rings. The number of amides is 1. The molecule has 0 atom stereocenters. The molecule has 0 bridgehead atoms. The lowest BCUT2D eigenvalue weighted by atomic mass is 10.1. The Morgan fingerprint density at radius 1 is 1.59 bits per heavy atom. The summed E-state index contributed by atoms with van der Waals surface area (Å²) in [5.41, 5.74) is 3.75. The first-order valence-corrected chi connectivity index (χ1v) is 6.55. The highest BCUT2D eigenvalue weighted by molar-refractivity contribution is 6.34. The average molecular weight is 327 g/mol. The van der Waals surface area contributed by atoms with Gasteiger partial charge in [0.25, 0.3) is 5.69 Å². The van der Waals surface area contributed by atoms with Gasteiger partial charge in [-0.15, -0.1) is 0 Å². The van der Waals surface area contributed by atoms with E-state index >= 15 is 0 Å². The number of halogens is 1. The van der Waals surface area contributed by atoms with Gasteiger partial charge in [-0.25, -0.2) is 0 Å². The third-order valence-corrected chi connectivity index (χ3v) is 2.96. The topological polar surface area (TPSA) is 116 Å². The number of carbonyl (C=O) groups is 1. The quantitative estimate of drug-likeness (QED) is 0.497. The fraction of sp³-hybridized carbons (Fsp3) is 0.357. The van der Waals surface area contributed by atoms with Gasteiger partial charge in [0.05, 0.1) is 10.5 Å². The molecular formula is C14H15ClN2O5. The van der Waals surface area contributed by atoms with Gasteiger partial charge >= 0.3 is 0 Å². The third-order valence-electron chi connectivity index (χ3n) is 2.60. The molecule has 1 aromatic carbocycles. The predicted octanol–water partition coefficient (Wildman–Crippen LogP) is 1.81. The maximum atomic E-state index is 11.4. The average Bonchev–Trinajstić information content (AvgIpc) is 2.35. The van der Waals surface area contributed by atoms with Crippen molar-refractivity contribution in [3.05, 3.63) is 32.3 Å². The summed E-state index contributed by atoms with van der Waals surface area (Å²) in [6, 6.07) is 1.01. The van der Waals surface area contributed by atoms with Crippen LogP contribution in [0, 0.1) is 28.9 Å². The van der Waals surface area contributed by atoms with Gasteiger partial charge in [0.15, 0.2) is 5.02 Å². The summed E-state index contributed by atoms with van der Waals surface area (Å²) < 4.78 is 5.32. The van der Waals surface area contributed by atoms with Crippen LogP contribution in [0.5, 0.6) is 5.75 Å². The SMILES string of the molecule is Cc1c(C(N)=O)cc([N+](=O)[O-])c(Cl)c1OCC#CC(C)(C)O. The maximum absolute atomic E-state index is 11.4. The van der Waals surface area contributed by atoms with Crippen molar-refractivity contribution in [3.63, 3.8) is 0 Å². The Bertz CT molecular complexity index is 645. The standard InChI is InChI=1S/C14H15ClN2O5/c1-8-9(13(16)18)7-10(17(20)21)11(15)12(8)22-6-4-5-14(2,3)19/h7,19H,6H2,1-3H3,(H2,16,18). The minimum Gasteiger partial charge on any atom is -0.479 e. The van der Waals surface area contributed by atoms with E-state index in [0.29, 0.717) is 0 Å². The molecule has 0 aromatic heterocycles. The molecule has 0 aliphatic heterocycles. The van der Waals surface area contributed by atoms with Crippen molar-refractivity contribution in [1.29, 1.82) is 0 Å². The molecule has 0 saturated heterocycles.